The van der Waals surface area contributed by atoms with E-state index in [0.717, 1.165) is 17.0 Å². The van der Waals surface area contributed by atoms with E-state index in [1.54, 1.807) is 0 Å². The fourth-order valence-corrected chi connectivity index (χ4v) is 6.16. The Morgan fingerprint density at radius 1 is 0.868 bits per heavy atom. The number of fused-ring (bicyclic) bond motifs is 2. The van der Waals surface area contributed by atoms with Gasteiger partial charge in [0.15, 0.2) is 0 Å². The molecule has 2 atom stereocenters. The van der Waals surface area contributed by atoms with Crippen molar-refractivity contribution in [2.45, 2.75) is 46.0 Å². The van der Waals surface area contributed by atoms with Crippen molar-refractivity contribution in [1.82, 2.24) is 0 Å². The molecule has 3 nitrogen and oxygen atoms in total. The van der Waals surface area contributed by atoms with E-state index in [-0.39, 0.29) is 5.91 Å². The first-order chi connectivity index (χ1) is 18.5. The Labute approximate surface area is 224 Å². The molecule has 1 amide bonds. The molecule has 0 aliphatic heterocycles. The summed E-state index contributed by atoms with van der Waals surface area (Å²) in [5.74, 6) is 1.93. The van der Waals surface area contributed by atoms with Gasteiger partial charge in [-0.25, -0.2) is 0 Å². The largest absolute Gasteiger partial charge is 0.457 e. The number of hydrogen-bond acceptors (Lipinski definition) is 2. The Bertz CT molecular complexity index is 1670. The molecule has 1 aliphatic carbocycles. The quantitative estimate of drug-likeness (QED) is 0.242. The van der Waals surface area contributed by atoms with Gasteiger partial charge in [0.1, 0.15) is 11.5 Å². The van der Waals surface area contributed by atoms with Crippen LogP contribution in [0.25, 0.3) is 32.7 Å². The SMILES string of the molecule is CCCC1(C)CC1c1ccc2ccccc2c1-c1c(Oc2cccc(NC(C)=O)c2)ccc2ccccc12. The van der Waals surface area contributed by atoms with E-state index in [1.807, 2.05) is 24.3 Å². The van der Waals surface area contributed by atoms with Gasteiger partial charge in [0.2, 0.25) is 5.91 Å². The summed E-state index contributed by atoms with van der Waals surface area (Å²) in [5.41, 5.74) is 4.87. The fourth-order valence-electron chi connectivity index (χ4n) is 6.16. The highest BCUT2D eigenvalue weighted by molar-refractivity contribution is 6.09. The van der Waals surface area contributed by atoms with Gasteiger partial charge in [-0.3, -0.25) is 4.79 Å². The second-order valence-electron chi connectivity index (χ2n) is 10.9. The topological polar surface area (TPSA) is 38.3 Å². The minimum absolute atomic E-state index is 0.103. The molecule has 190 valence electrons. The monoisotopic (exact) mass is 499 g/mol. The summed E-state index contributed by atoms with van der Waals surface area (Å²) in [6.07, 6.45) is 3.65. The van der Waals surface area contributed by atoms with Crippen molar-refractivity contribution in [3.63, 3.8) is 0 Å². The van der Waals surface area contributed by atoms with Crippen LogP contribution in [-0.4, -0.2) is 5.91 Å². The highest BCUT2D eigenvalue weighted by Gasteiger charge is 2.50. The highest BCUT2D eigenvalue weighted by Crippen LogP contribution is 2.64. The van der Waals surface area contributed by atoms with Gasteiger partial charge < -0.3 is 10.1 Å². The van der Waals surface area contributed by atoms with E-state index in [2.05, 4.69) is 92.0 Å². The lowest BCUT2D eigenvalue weighted by Crippen LogP contribution is -2.05. The van der Waals surface area contributed by atoms with E-state index in [4.69, 9.17) is 4.74 Å². The standard InChI is InChI=1S/C35H33NO2/c1-4-20-35(3)22-31(35)30-18-16-24-10-5-7-14-28(24)33(30)34-29-15-8-6-11-25(29)17-19-32(34)38-27-13-9-12-26(21-27)36-23(2)37/h5-19,21,31H,4,20,22H2,1-3H3,(H,36,37). The molecule has 6 rings (SSSR count). The smallest absolute Gasteiger partial charge is 0.221 e. The van der Waals surface area contributed by atoms with Crippen LogP contribution in [0.2, 0.25) is 0 Å². The Morgan fingerprint density at radius 3 is 2.26 bits per heavy atom. The van der Waals surface area contributed by atoms with Gasteiger partial charge in [-0.05, 0) is 75.0 Å². The third-order valence-electron chi connectivity index (χ3n) is 8.03. The first-order valence-electron chi connectivity index (χ1n) is 13.6. The van der Waals surface area contributed by atoms with Gasteiger partial charge in [-0.2, -0.15) is 0 Å². The lowest BCUT2D eigenvalue weighted by Gasteiger charge is -2.21. The van der Waals surface area contributed by atoms with Crippen molar-refractivity contribution in [3.8, 4) is 22.6 Å². The molecule has 1 fully saturated rings. The summed E-state index contributed by atoms with van der Waals surface area (Å²) in [4.78, 5) is 11.6. The van der Waals surface area contributed by atoms with E-state index in [0.29, 0.717) is 17.1 Å². The number of ether oxygens (including phenoxy) is 1. The molecule has 0 aromatic heterocycles. The van der Waals surface area contributed by atoms with Gasteiger partial charge in [-0.1, -0.05) is 93.1 Å². The molecule has 0 radical (unpaired) electrons. The molecule has 0 saturated heterocycles. The van der Waals surface area contributed by atoms with Gasteiger partial charge in [0, 0.05) is 24.2 Å². The van der Waals surface area contributed by atoms with E-state index in [1.165, 1.54) is 58.9 Å². The van der Waals surface area contributed by atoms with Gasteiger partial charge >= 0.3 is 0 Å². The lowest BCUT2D eigenvalue weighted by molar-refractivity contribution is -0.114. The summed E-state index contributed by atoms with van der Waals surface area (Å²) in [6, 6.07) is 33.7. The van der Waals surface area contributed by atoms with E-state index < -0.39 is 0 Å². The number of nitrogens with one attached hydrogen (secondary N) is 1. The second-order valence-corrected chi connectivity index (χ2v) is 10.9. The van der Waals surface area contributed by atoms with Crippen LogP contribution in [0.15, 0.2) is 97.1 Å². The molecule has 3 heteroatoms. The van der Waals surface area contributed by atoms with Crippen molar-refractivity contribution >= 4 is 33.1 Å². The maximum atomic E-state index is 11.6. The molecular weight excluding hydrogens is 466 g/mol. The average Bonchev–Trinajstić information content (AvgIpc) is 3.58. The van der Waals surface area contributed by atoms with Crippen LogP contribution in [-0.2, 0) is 4.79 Å². The number of anilines is 1. The first-order valence-corrected chi connectivity index (χ1v) is 13.6. The molecule has 5 aromatic carbocycles. The van der Waals surface area contributed by atoms with Crippen LogP contribution >= 0.6 is 0 Å². The fraction of sp³-hybridized carbons (Fsp3) is 0.229. The summed E-state index contributed by atoms with van der Waals surface area (Å²) < 4.78 is 6.65. The molecule has 0 heterocycles. The van der Waals surface area contributed by atoms with Crippen LogP contribution in [0.1, 0.15) is 51.5 Å². The molecule has 0 bridgehead atoms. The van der Waals surface area contributed by atoms with Crippen LogP contribution < -0.4 is 10.1 Å². The molecule has 1 N–H and O–H groups in total. The van der Waals surface area contributed by atoms with Crippen LogP contribution in [0.4, 0.5) is 5.69 Å². The van der Waals surface area contributed by atoms with Crippen LogP contribution in [0, 0.1) is 5.41 Å². The van der Waals surface area contributed by atoms with Gasteiger partial charge in [-0.15, -0.1) is 0 Å². The Hall–Kier alpha value is -4.11. The molecule has 0 spiro atoms. The maximum absolute atomic E-state index is 11.6. The summed E-state index contributed by atoms with van der Waals surface area (Å²) in [6.45, 7) is 6.24. The van der Waals surface area contributed by atoms with Crippen molar-refractivity contribution in [1.29, 1.82) is 0 Å². The number of amides is 1. The zero-order valence-electron chi connectivity index (χ0n) is 22.3. The predicted octanol–water partition coefficient (Wildman–Crippen LogP) is 9.70. The normalized spacial score (nSPS) is 18.4. The Kier molecular flexibility index (Phi) is 6.15. The zero-order chi connectivity index (χ0) is 26.3. The number of benzene rings is 5. The van der Waals surface area contributed by atoms with Crippen LogP contribution in [0.3, 0.4) is 0 Å². The third-order valence-corrected chi connectivity index (χ3v) is 8.03. The summed E-state index contributed by atoms with van der Waals surface area (Å²) >= 11 is 0. The molecule has 2 unspecified atom stereocenters. The molecule has 1 aliphatic rings. The van der Waals surface area contributed by atoms with Gasteiger partial charge in [0.25, 0.3) is 0 Å². The minimum atomic E-state index is -0.103. The number of hydrogen-bond donors (Lipinski definition) is 1. The number of rotatable bonds is 7. The molecular formula is C35H33NO2. The van der Waals surface area contributed by atoms with Gasteiger partial charge in [0.05, 0.1) is 0 Å². The third kappa shape index (κ3) is 4.43. The van der Waals surface area contributed by atoms with Crippen molar-refractivity contribution in [2.24, 2.45) is 5.41 Å². The molecule has 38 heavy (non-hydrogen) atoms. The van der Waals surface area contributed by atoms with Crippen molar-refractivity contribution < 1.29 is 9.53 Å². The maximum Gasteiger partial charge on any atom is 0.221 e. The predicted molar refractivity (Wildman–Crippen MR) is 158 cm³/mol. The number of carbonyl (C=O) groups excluding carboxylic acids is 1. The summed E-state index contributed by atoms with van der Waals surface area (Å²) in [7, 11) is 0. The van der Waals surface area contributed by atoms with E-state index in [9.17, 15) is 4.79 Å². The Balaban J connectivity index is 1.59. The zero-order valence-corrected chi connectivity index (χ0v) is 22.3. The Morgan fingerprint density at radius 2 is 1.55 bits per heavy atom. The van der Waals surface area contributed by atoms with Crippen molar-refractivity contribution in [2.75, 3.05) is 5.32 Å². The average molecular weight is 500 g/mol. The first kappa shape index (κ1) is 24.2. The minimum Gasteiger partial charge on any atom is -0.457 e. The van der Waals surface area contributed by atoms with Crippen molar-refractivity contribution in [3.05, 3.63) is 103 Å². The molecule has 1 saturated carbocycles. The number of carbonyl (C=O) groups is 1. The summed E-state index contributed by atoms with van der Waals surface area (Å²) in [5, 5.41) is 7.72. The van der Waals surface area contributed by atoms with Crippen LogP contribution in [0.5, 0.6) is 11.5 Å². The van der Waals surface area contributed by atoms with E-state index >= 15 is 0 Å². The highest BCUT2D eigenvalue weighted by atomic mass is 16.5. The molecule has 5 aromatic rings. The second kappa shape index (κ2) is 9.64. The lowest BCUT2D eigenvalue weighted by atomic mass is 9.85.